The van der Waals surface area contributed by atoms with E-state index in [9.17, 15) is 4.39 Å². The Morgan fingerprint density at radius 3 is 2.33 bits per heavy atom. The second-order valence-corrected chi connectivity index (χ2v) is 4.98. The summed E-state index contributed by atoms with van der Waals surface area (Å²) in [6.45, 7) is 8.36. The third-order valence-corrected chi connectivity index (χ3v) is 2.97. The quantitative estimate of drug-likeness (QED) is 0.717. The van der Waals surface area contributed by atoms with Crippen LogP contribution in [0, 0.1) is 11.2 Å². The van der Waals surface area contributed by atoms with Gasteiger partial charge in [0.05, 0.1) is 7.11 Å². The Morgan fingerprint density at radius 1 is 1.27 bits per heavy atom. The molecule has 0 bridgehead atoms. The first-order chi connectivity index (χ1) is 6.86. The van der Waals surface area contributed by atoms with Crippen LogP contribution in [0.3, 0.4) is 0 Å². The maximum absolute atomic E-state index is 13.6. The fourth-order valence-corrected chi connectivity index (χ4v) is 1.45. The number of methoxy groups -OCH3 is 1. The molecule has 1 aromatic rings. The fraction of sp³-hybridized carbons (Fsp3) is 0.538. The van der Waals surface area contributed by atoms with Gasteiger partial charge in [-0.1, -0.05) is 27.7 Å². The topological polar surface area (TPSA) is 9.23 Å². The Kier molecular flexibility index (Phi) is 3.38. The van der Waals surface area contributed by atoms with Gasteiger partial charge >= 0.3 is 0 Å². The molecule has 0 aliphatic rings. The molecule has 15 heavy (non-hydrogen) atoms. The fourth-order valence-electron chi connectivity index (χ4n) is 1.45. The van der Waals surface area contributed by atoms with Crippen molar-refractivity contribution in [2.24, 2.45) is 5.41 Å². The molecule has 84 valence electrons. The van der Waals surface area contributed by atoms with E-state index in [0.29, 0.717) is 5.75 Å². The number of ether oxygens (including phenoxy) is 1. The van der Waals surface area contributed by atoms with E-state index in [2.05, 4.69) is 20.8 Å². The van der Waals surface area contributed by atoms with Gasteiger partial charge in [-0.25, -0.2) is 4.39 Å². The Balaban J connectivity index is 3.12. The third-order valence-electron chi connectivity index (χ3n) is 2.97. The van der Waals surface area contributed by atoms with Crippen molar-refractivity contribution in [3.05, 3.63) is 29.6 Å². The van der Waals surface area contributed by atoms with Crippen LogP contribution in [0.4, 0.5) is 4.39 Å². The molecule has 0 amide bonds. The molecular weight excluding hydrogens is 191 g/mol. The highest BCUT2D eigenvalue weighted by molar-refractivity contribution is 5.32. The van der Waals surface area contributed by atoms with E-state index in [4.69, 9.17) is 4.74 Å². The first kappa shape index (κ1) is 12.0. The number of hydrogen-bond acceptors (Lipinski definition) is 1. The lowest BCUT2D eigenvalue weighted by Gasteiger charge is -2.28. The van der Waals surface area contributed by atoms with Gasteiger partial charge in [0.25, 0.3) is 0 Å². The van der Waals surface area contributed by atoms with Gasteiger partial charge in [0, 0.05) is 0 Å². The summed E-state index contributed by atoms with van der Waals surface area (Å²) in [5.41, 5.74) is 0.773. The van der Waals surface area contributed by atoms with Crippen molar-refractivity contribution in [2.75, 3.05) is 7.11 Å². The van der Waals surface area contributed by atoms with E-state index in [1.807, 2.05) is 6.92 Å². The van der Waals surface area contributed by atoms with Crippen LogP contribution in [0.25, 0.3) is 0 Å². The molecule has 1 aromatic carbocycles. The zero-order chi connectivity index (χ0) is 11.6. The molecule has 0 spiro atoms. The second kappa shape index (κ2) is 4.21. The largest absolute Gasteiger partial charge is 0.497 e. The lowest BCUT2D eigenvalue weighted by molar-refractivity contribution is 0.329. The first-order valence-corrected chi connectivity index (χ1v) is 5.19. The van der Waals surface area contributed by atoms with E-state index in [1.165, 1.54) is 6.07 Å². The summed E-state index contributed by atoms with van der Waals surface area (Å²) in [4.78, 5) is 0. The molecule has 1 atom stereocenters. The zero-order valence-electron chi connectivity index (χ0n) is 10.1. The van der Waals surface area contributed by atoms with Crippen molar-refractivity contribution >= 4 is 0 Å². The van der Waals surface area contributed by atoms with Gasteiger partial charge in [-0.15, -0.1) is 0 Å². The van der Waals surface area contributed by atoms with E-state index in [-0.39, 0.29) is 17.2 Å². The Morgan fingerprint density at radius 2 is 1.87 bits per heavy atom. The molecule has 0 aliphatic heterocycles. The lowest BCUT2D eigenvalue weighted by Crippen LogP contribution is -2.16. The van der Waals surface area contributed by atoms with Gasteiger partial charge in [-0.05, 0) is 35.1 Å². The Bertz CT molecular complexity index is 339. The molecule has 0 radical (unpaired) electrons. The highest BCUT2D eigenvalue weighted by atomic mass is 19.1. The second-order valence-electron chi connectivity index (χ2n) is 4.98. The number of benzene rings is 1. The SMILES string of the molecule is COc1ccc(F)c([C@@H](C)C(C)(C)C)c1. The van der Waals surface area contributed by atoms with Crippen LogP contribution in [0.2, 0.25) is 0 Å². The Labute approximate surface area is 91.3 Å². The molecule has 0 aromatic heterocycles. The summed E-state index contributed by atoms with van der Waals surface area (Å²) < 4.78 is 18.7. The van der Waals surface area contributed by atoms with Crippen LogP contribution in [0.15, 0.2) is 18.2 Å². The molecule has 0 heterocycles. The molecule has 0 aliphatic carbocycles. The maximum Gasteiger partial charge on any atom is 0.126 e. The van der Waals surface area contributed by atoms with Crippen molar-refractivity contribution in [3.8, 4) is 5.75 Å². The predicted molar refractivity (Wildman–Crippen MR) is 60.8 cm³/mol. The summed E-state index contributed by atoms with van der Waals surface area (Å²) in [5.74, 6) is 0.716. The van der Waals surface area contributed by atoms with Gasteiger partial charge in [-0.2, -0.15) is 0 Å². The van der Waals surface area contributed by atoms with Crippen molar-refractivity contribution < 1.29 is 9.13 Å². The highest BCUT2D eigenvalue weighted by Gasteiger charge is 2.24. The van der Waals surface area contributed by atoms with Crippen LogP contribution in [-0.2, 0) is 0 Å². The van der Waals surface area contributed by atoms with Crippen LogP contribution in [0.1, 0.15) is 39.2 Å². The highest BCUT2D eigenvalue weighted by Crippen LogP contribution is 2.36. The molecule has 2 heteroatoms. The standard InChI is InChI=1S/C13H19FO/c1-9(13(2,3)4)11-8-10(15-5)6-7-12(11)14/h6-9H,1-5H3/t9-/m1/s1. The molecule has 0 saturated heterocycles. The molecule has 1 rings (SSSR count). The monoisotopic (exact) mass is 210 g/mol. The number of rotatable bonds is 2. The van der Waals surface area contributed by atoms with Crippen molar-refractivity contribution in [2.45, 2.75) is 33.6 Å². The minimum absolute atomic E-state index is 0.0488. The summed E-state index contributed by atoms with van der Waals surface area (Å²) in [6, 6.07) is 4.90. The zero-order valence-corrected chi connectivity index (χ0v) is 10.1. The minimum atomic E-state index is -0.154. The minimum Gasteiger partial charge on any atom is -0.497 e. The van der Waals surface area contributed by atoms with E-state index < -0.39 is 0 Å². The molecule has 0 N–H and O–H groups in total. The van der Waals surface area contributed by atoms with Crippen molar-refractivity contribution in [1.82, 2.24) is 0 Å². The molecule has 0 fully saturated rings. The van der Waals surface area contributed by atoms with E-state index >= 15 is 0 Å². The molecular formula is C13H19FO. The van der Waals surface area contributed by atoms with Gasteiger partial charge in [-0.3, -0.25) is 0 Å². The van der Waals surface area contributed by atoms with Crippen LogP contribution < -0.4 is 4.74 Å². The normalized spacial score (nSPS) is 13.7. The summed E-state index contributed by atoms with van der Waals surface area (Å²) in [5, 5.41) is 0. The first-order valence-electron chi connectivity index (χ1n) is 5.19. The maximum atomic E-state index is 13.6. The van der Waals surface area contributed by atoms with E-state index in [0.717, 1.165) is 5.56 Å². The lowest BCUT2D eigenvalue weighted by atomic mass is 9.77. The number of hydrogen-bond donors (Lipinski definition) is 0. The van der Waals surface area contributed by atoms with Crippen molar-refractivity contribution in [3.63, 3.8) is 0 Å². The van der Waals surface area contributed by atoms with Crippen molar-refractivity contribution in [1.29, 1.82) is 0 Å². The average molecular weight is 210 g/mol. The van der Waals surface area contributed by atoms with Crippen LogP contribution >= 0.6 is 0 Å². The average Bonchev–Trinajstić information content (AvgIpc) is 2.16. The van der Waals surface area contributed by atoms with Crippen LogP contribution in [-0.4, -0.2) is 7.11 Å². The molecule has 0 unspecified atom stereocenters. The van der Waals surface area contributed by atoms with E-state index in [1.54, 1.807) is 19.2 Å². The van der Waals surface area contributed by atoms with Gasteiger partial charge in [0.15, 0.2) is 0 Å². The van der Waals surface area contributed by atoms with Gasteiger partial charge < -0.3 is 4.74 Å². The number of halogens is 1. The smallest absolute Gasteiger partial charge is 0.126 e. The Hall–Kier alpha value is -1.05. The summed E-state index contributed by atoms with van der Waals surface area (Å²) in [7, 11) is 1.60. The molecule has 1 nitrogen and oxygen atoms in total. The van der Waals surface area contributed by atoms with Gasteiger partial charge in [0.1, 0.15) is 11.6 Å². The summed E-state index contributed by atoms with van der Waals surface area (Å²) >= 11 is 0. The van der Waals surface area contributed by atoms with Gasteiger partial charge in [0.2, 0.25) is 0 Å². The molecule has 0 saturated carbocycles. The van der Waals surface area contributed by atoms with Crippen LogP contribution in [0.5, 0.6) is 5.75 Å². The third kappa shape index (κ3) is 2.71. The summed E-state index contributed by atoms with van der Waals surface area (Å²) in [6.07, 6.45) is 0. The predicted octanol–water partition coefficient (Wildman–Crippen LogP) is 3.98.